The zero-order chi connectivity index (χ0) is 7.40. The summed E-state index contributed by atoms with van der Waals surface area (Å²) in [6.45, 7) is 0.474. The summed E-state index contributed by atoms with van der Waals surface area (Å²) in [7, 11) is 0. The molecule has 0 saturated heterocycles. The summed E-state index contributed by atoms with van der Waals surface area (Å²) >= 11 is 0. The van der Waals surface area contributed by atoms with Crippen LogP contribution in [-0.2, 0) is 9.53 Å². The fourth-order valence-electron chi connectivity index (χ4n) is 0.602. The molecule has 0 aromatic rings. The van der Waals surface area contributed by atoms with E-state index in [-0.39, 0.29) is 0 Å². The number of ether oxygens (including phenoxy) is 1. The molecule has 10 heavy (non-hydrogen) atoms. The maximum Gasteiger partial charge on any atom is 0.277 e. The standard InChI is InChI=1S/C6H7NO3/c8-6(7-9)5-2-1-3-10-4-5/h1-2,4,9H,3H2,(H,7,8). The molecular formula is C6H7NO3. The summed E-state index contributed by atoms with van der Waals surface area (Å²) in [5.74, 6) is -0.559. The summed E-state index contributed by atoms with van der Waals surface area (Å²) in [6, 6.07) is 0. The number of amides is 1. The Kier molecular flexibility index (Phi) is 2.07. The maximum absolute atomic E-state index is 10.6. The predicted molar refractivity (Wildman–Crippen MR) is 33.1 cm³/mol. The van der Waals surface area contributed by atoms with E-state index >= 15 is 0 Å². The van der Waals surface area contributed by atoms with E-state index in [1.54, 1.807) is 12.2 Å². The Bertz CT molecular complexity index is 195. The molecule has 2 N–H and O–H groups in total. The molecule has 1 aliphatic rings. The van der Waals surface area contributed by atoms with Gasteiger partial charge in [-0.2, -0.15) is 0 Å². The van der Waals surface area contributed by atoms with Crippen molar-refractivity contribution >= 4 is 5.91 Å². The molecule has 0 saturated carbocycles. The van der Waals surface area contributed by atoms with Gasteiger partial charge in [0.05, 0.1) is 11.8 Å². The molecule has 1 amide bonds. The number of carbonyl (C=O) groups excluding carboxylic acids is 1. The second-order valence-corrected chi connectivity index (χ2v) is 1.75. The first-order valence-corrected chi connectivity index (χ1v) is 2.77. The van der Waals surface area contributed by atoms with Crippen LogP contribution >= 0.6 is 0 Å². The van der Waals surface area contributed by atoms with Crippen LogP contribution in [0.2, 0.25) is 0 Å². The van der Waals surface area contributed by atoms with Crippen LogP contribution in [0.4, 0.5) is 0 Å². The average molecular weight is 141 g/mol. The zero-order valence-corrected chi connectivity index (χ0v) is 5.20. The lowest BCUT2D eigenvalue weighted by molar-refractivity contribution is -0.125. The highest BCUT2D eigenvalue weighted by molar-refractivity contribution is 5.95. The van der Waals surface area contributed by atoms with Crippen LogP contribution in [0.1, 0.15) is 0 Å². The van der Waals surface area contributed by atoms with E-state index in [0.717, 1.165) is 0 Å². The largest absolute Gasteiger partial charge is 0.496 e. The first-order valence-electron chi connectivity index (χ1n) is 2.77. The SMILES string of the molecule is O=C(NO)C1=COCC=C1. The van der Waals surface area contributed by atoms with Gasteiger partial charge in [0, 0.05) is 0 Å². The lowest BCUT2D eigenvalue weighted by Crippen LogP contribution is -2.20. The van der Waals surface area contributed by atoms with Crippen molar-refractivity contribution in [3.63, 3.8) is 0 Å². The highest BCUT2D eigenvalue weighted by Crippen LogP contribution is 2.02. The van der Waals surface area contributed by atoms with Crippen molar-refractivity contribution in [2.75, 3.05) is 6.61 Å². The normalized spacial score (nSPS) is 15.5. The van der Waals surface area contributed by atoms with Gasteiger partial charge in [0.15, 0.2) is 0 Å². The number of hydroxylamine groups is 1. The van der Waals surface area contributed by atoms with Gasteiger partial charge in [-0.25, -0.2) is 5.48 Å². The topological polar surface area (TPSA) is 58.6 Å². The molecule has 0 aliphatic carbocycles. The average Bonchev–Trinajstić information content (AvgIpc) is 2.05. The molecule has 0 radical (unpaired) electrons. The van der Waals surface area contributed by atoms with E-state index < -0.39 is 5.91 Å². The second-order valence-electron chi connectivity index (χ2n) is 1.75. The number of nitrogens with one attached hydrogen (secondary N) is 1. The minimum atomic E-state index is -0.559. The van der Waals surface area contributed by atoms with E-state index in [9.17, 15) is 4.79 Å². The van der Waals surface area contributed by atoms with Gasteiger partial charge in [-0.1, -0.05) is 0 Å². The molecule has 1 heterocycles. The smallest absolute Gasteiger partial charge is 0.277 e. The Morgan fingerprint density at radius 3 is 3.10 bits per heavy atom. The Morgan fingerprint density at radius 2 is 2.60 bits per heavy atom. The first-order chi connectivity index (χ1) is 4.84. The fraction of sp³-hybridized carbons (Fsp3) is 0.167. The van der Waals surface area contributed by atoms with Crippen molar-refractivity contribution in [1.29, 1.82) is 0 Å². The van der Waals surface area contributed by atoms with Crippen LogP contribution in [0.25, 0.3) is 0 Å². The van der Waals surface area contributed by atoms with Gasteiger partial charge < -0.3 is 4.74 Å². The van der Waals surface area contributed by atoms with Gasteiger partial charge in [0.1, 0.15) is 6.61 Å². The summed E-state index contributed by atoms with van der Waals surface area (Å²) in [5, 5.41) is 8.16. The molecule has 4 nitrogen and oxygen atoms in total. The van der Waals surface area contributed by atoms with Crippen molar-refractivity contribution < 1.29 is 14.7 Å². The highest BCUT2D eigenvalue weighted by Gasteiger charge is 2.06. The van der Waals surface area contributed by atoms with Crippen molar-refractivity contribution in [2.45, 2.75) is 0 Å². The van der Waals surface area contributed by atoms with Gasteiger partial charge >= 0.3 is 0 Å². The van der Waals surface area contributed by atoms with E-state index in [1.165, 1.54) is 11.7 Å². The van der Waals surface area contributed by atoms with Crippen LogP contribution in [-0.4, -0.2) is 17.7 Å². The quantitative estimate of drug-likeness (QED) is 0.398. The maximum atomic E-state index is 10.6. The van der Waals surface area contributed by atoms with Gasteiger partial charge in [-0.3, -0.25) is 10.0 Å². The van der Waals surface area contributed by atoms with Crippen LogP contribution < -0.4 is 5.48 Å². The van der Waals surface area contributed by atoms with E-state index in [4.69, 9.17) is 9.94 Å². The monoisotopic (exact) mass is 141 g/mol. The van der Waals surface area contributed by atoms with Crippen LogP contribution in [0.5, 0.6) is 0 Å². The molecule has 1 aliphatic heterocycles. The molecule has 0 atom stereocenters. The third-order valence-electron chi connectivity index (χ3n) is 1.06. The lowest BCUT2D eigenvalue weighted by Gasteiger charge is -2.04. The van der Waals surface area contributed by atoms with Gasteiger partial charge in [-0.15, -0.1) is 0 Å². The molecule has 0 fully saturated rings. The number of hydrogen-bond donors (Lipinski definition) is 2. The summed E-state index contributed by atoms with van der Waals surface area (Å²) in [5.41, 5.74) is 1.81. The number of carbonyl (C=O) groups is 1. The van der Waals surface area contributed by atoms with E-state index in [1.807, 2.05) is 0 Å². The summed E-state index contributed by atoms with van der Waals surface area (Å²) < 4.78 is 4.78. The molecule has 0 unspecified atom stereocenters. The molecule has 4 heteroatoms. The molecule has 0 bridgehead atoms. The van der Waals surface area contributed by atoms with E-state index in [0.29, 0.717) is 12.2 Å². The molecule has 0 spiro atoms. The number of hydrogen-bond acceptors (Lipinski definition) is 3. The van der Waals surface area contributed by atoms with Crippen molar-refractivity contribution in [3.05, 3.63) is 24.0 Å². The van der Waals surface area contributed by atoms with Crippen molar-refractivity contribution in [3.8, 4) is 0 Å². The van der Waals surface area contributed by atoms with Crippen LogP contribution in [0.15, 0.2) is 24.0 Å². The molecule has 54 valence electrons. The summed E-state index contributed by atoms with van der Waals surface area (Å²) in [4.78, 5) is 10.6. The predicted octanol–water partition coefficient (Wildman–Crippen LogP) is -0.0379. The zero-order valence-electron chi connectivity index (χ0n) is 5.20. The Labute approximate surface area is 57.8 Å². The van der Waals surface area contributed by atoms with E-state index in [2.05, 4.69) is 0 Å². The third kappa shape index (κ3) is 1.35. The lowest BCUT2D eigenvalue weighted by atomic mass is 10.2. The molecular weight excluding hydrogens is 134 g/mol. The molecule has 0 aromatic heterocycles. The van der Waals surface area contributed by atoms with Gasteiger partial charge in [0.25, 0.3) is 5.91 Å². The third-order valence-corrected chi connectivity index (χ3v) is 1.06. The molecule has 1 rings (SSSR count). The van der Waals surface area contributed by atoms with Gasteiger partial charge in [-0.05, 0) is 12.2 Å². The van der Waals surface area contributed by atoms with Crippen LogP contribution in [0, 0.1) is 0 Å². The Balaban J connectivity index is 2.63. The Hall–Kier alpha value is -1.29. The highest BCUT2D eigenvalue weighted by atomic mass is 16.5. The number of rotatable bonds is 1. The van der Waals surface area contributed by atoms with Crippen molar-refractivity contribution in [1.82, 2.24) is 5.48 Å². The molecule has 0 aromatic carbocycles. The van der Waals surface area contributed by atoms with Gasteiger partial charge in [0.2, 0.25) is 0 Å². The van der Waals surface area contributed by atoms with Crippen molar-refractivity contribution in [2.24, 2.45) is 0 Å². The Morgan fingerprint density at radius 1 is 1.80 bits per heavy atom. The first kappa shape index (κ1) is 6.82. The minimum absolute atomic E-state index is 0.314. The summed E-state index contributed by atoms with van der Waals surface area (Å²) in [6.07, 6.45) is 4.56. The minimum Gasteiger partial charge on any atom is -0.496 e. The second kappa shape index (κ2) is 3.03. The van der Waals surface area contributed by atoms with Crippen LogP contribution in [0.3, 0.4) is 0 Å². The fourth-order valence-corrected chi connectivity index (χ4v) is 0.602.